The molecule has 2 aromatic rings. The fraction of sp³-hybridized carbons (Fsp3) is 0.500. The van der Waals surface area contributed by atoms with Gasteiger partial charge in [-0.15, -0.1) is 0 Å². The first-order valence-electron chi connectivity index (χ1n) is 6.27. The number of imidazole rings is 1. The molecule has 0 bridgehead atoms. The SMILES string of the molecule is Nc1nc(N)c2ncn(C[C@H]3CCC(P(=O)([O-])O)O3)c2n1. The third-order valence-electron chi connectivity index (χ3n) is 3.36. The number of rotatable bonds is 3. The van der Waals surface area contributed by atoms with Crippen LogP contribution in [0.15, 0.2) is 6.33 Å². The molecule has 0 radical (unpaired) electrons. The molecule has 0 saturated carbocycles. The highest BCUT2D eigenvalue weighted by molar-refractivity contribution is 7.50. The van der Waals surface area contributed by atoms with Gasteiger partial charge in [0.1, 0.15) is 11.4 Å². The normalized spacial score (nSPS) is 25.2. The van der Waals surface area contributed by atoms with E-state index < -0.39 is 13.4 Å². The minimum absolute atomic E-state index is 0.0337. The molecule has 1 aliphatic heterocycles. The fourth-order valence-corrected chi connectivity index (χ4v) is 3.20. The summed E-state index contributed by atoms with van der Waals surface area (Å²) in [6.45, 7) is 0.336. The molecule has 1 saturated heterocycles. The van der Waals surface area contributed by atoms with Crippen molar-refractivity contribution in [3.63, 3.8) is 0 Å². The molecule has 0 aliphatic carbocycles. The Balaban J connectivity index is 1.82. The lowest BCUT2D eigenvalue weighted by Gasteiger charge is -2.23. The topological polar surface area (TPSA) is 165 Å². The maximum Gasteiger partial charge on any atom is 0.224 e. The van der Waals surface area contributed by atoms with E-state index >= 15 is 0 Å². The van der Waals surface area contributed by atoms with Crippen LogP contribution in [0.5, 0.6) is 0 Å². The highest BCUT2D eigenvalue weighted by Gasteiger charge is 2.32. The summed E-state index contributed by atoms with van der Waals surface area (Å²) in [4.78, 5) is 32.1. The van der Waals surface area contributed by atoms with Crippen molar-refractivity contribution in [3.8, 4) is 0 Å². The lowest BCUT2D eigenvalue weighted by Crippen LogP contribution is -2.20. The summed E-state index contributed by atoms with van der Waals surface area (Å²) in [6.07, 6.45) is 1.92. The van der Waals surface area contributed by atoms with Gasteiger partial charge < -0.3 is 35.1 Å². The molecule has 3 rings (SSSR count). The second-order valence-corrected chi connectivity index (χ2v) is 6.59. The van der Waals surface area contributed by atoms with Gasteiger partial charge in [0.05, 0.1) is 19.0 Å². The Kier molecular flexibility index (Phi) is 3.33. The molecule has 1 aliphatic rings. The molecule has 5 N–H and O–H groups in total. The summed E-state index contributed by atoms with van der Waals surface area (Å²) in [5.41, 5.74) is 12.1. The minimum Gasteiger partial charge on any atom is -0.777 e. The van der Waals surface area contributed by atoms with E-state index in [0.29, 0.717) is 24.1 Å². The van der Waals surface area contributed by atoms with Crippen LogP contribution in [0.25, 0.3) is 11.2 Å². The van der Waals surface area contributed by atoms with E-state index in [1.807, 2.05) is 0 Å². The zero-order chi connectivity index (χ0) is 15.2. The largest absolute Gasteiger partial charge is 0.777 e. The van der Waals surface area contributed by atoms with Gasteiger partial charge in [-0.05, 0) is 12.8 Å². The molecule has 0 aromatic carbocycles. The minimum atomic E-state index is -4.47. The number of nitrogen functional groups attached to an aromatic ring is 2. The van der Waals surface area contributed by atoms with Crippen molar-refractivity contribution in [1.82, 2.24) is 19.5 Å². The first kappa shape index (κ1) is 14.2. The highest BCUT2D eigenvalue weighted by atomic mass is 31.2. The van der Waals surface area contributed by atoms with Crippen molar-refractivity contribution in [1.29, 1.82) is 0 Å². The Morgan fingerprint density at radius 3 is 2.90 bits per heavy atom. The molecule has 0 spiro atoms. The van der Waals surface area contributed by atoms with Crippen LogP contribution < -0.4 is 16.4 Å². The molecular weight excluding hydrogens is 299 g/mol. The number of nitrogens with two attached hydrogens (primary N) is 2. The van der Waals surface area contributed by atoms with Crippen molar-refractivity contribution in [2.24, 2.45) is 0 Å². The number of aromatic nitrogens is 4. The van der Waals surface area contributed by atoms with Gasteiger partial charge in [-0.1, -0.05) is 0 Å². The zero-order valence-electron chi connectivity index (χ0n) is 10.9. The Morgan fingerprint density at radius 2 is 2.24 bits per heavy atom. The van der Waals surface area contributed by atoms with Gasteiger partial charge in [-0.3, -0.25) is 0 Å². The average molecular weight is 313 g/mol. The quantitative estimate of drug-likeness (QED) is 0.605. The van der Waals surface area contributed by atoms with Gasteiger partial charge in [-0.25, -0.2) is 4.98 Å². The maximum absolute atomic E-state index is 11.1. The van der Waals surface area contributed by atoms with Crippen molar-refractivity contribution >= 4 is 30.5 Å². The lowest BCUT2D eigenvalue weighted by atomic mass is 10.2. The molecule has 11 heteroatoms. The second-order valence-electron chi connectivity index (χ2n) is 4.89. The Bertz CT molecular complexity index is 728. The van der Waals surface area contributed by atoms with Crippen LogP contribution >= 0.6 is 7.60 Å². The molecule has 2 unspecified atom stereocenters. The van der Waals surface area contributed by atoms with E-state index in [1.54, 1.807) is 4.57 Å². The second kappa shape index (κ2) is 4.92. The van der Waals surface area contributed by atoms with Crippen LogP contribution in [0.4, 0.5) is 11.8 Å². The summed E-state index contributed by atoms with van der Waals surface area (Å²) in [5.74, 6) is -0.936. The van der Waals surface area contributed by atoms with Crippen LogP contribution in [-0.2, 0) is 15.8 Å². The van der Waals surface area contributed by atoms with Gasteiger partial charge in [0.2, 0.25) is 5.95 Å². The number of fused-ring (bicyclic) bond motifs is 1. The predicted molar refractivity (Wildman–Crippen MR) is 71.9 cm³/mol. The summed E-state index contributed by atoms with van der Waals surface area (Å²) < 4.78 is 18.1. The van der Waals surface area contributed by atoms with E-state index in [-0.39, 0.29) is 24.3 Å². The summed E-state index contributed by atoms with van der Waals surface area (Å²) >= 11 is 0. The molecule has 21 heavy (non-hydrogen) atoms. The molecule has 114 valence electrons. The van der Waals surface area contributed by atoms with Crippen molar-refractivity contribution in [2.75, 3.05) is 11.5 Å². The number of anilines is 2. The standard InChI is InChI=1S/C10H15N6O4P/c11-8-7-9(15-10(12)14-8)16(4-13-7)3-5-1-2-6(20-5)21(17,18)19/h4-6H,1-3H2,(H2,17,18,19)(H4,11,12,14,15)/p-1/t5-,6?/m1/s1. The van der Waals surface area contributed by atoms with Crippen LogP contribution in [0.2, 0.25) is 0 Å². The van der Waals surface area contributed by atoms with Crippen LogP contribution in [0, 0.1) is 0 Å². The highest BCUT2D eigenvalue weighted by Crippen LogP contribution is 2.44. The molecule has 3 atom stereocenters. The number of hydrogen-bond donors (Lipinski definition) is 3. The summed E-state index contributed by atoms with van der Waals surface area (Å²) in [5, 5.41) is 0. The van der Waals surface area contributed by atoms with Crippen molar-refractivity contribution < 1.29 is 19.1 Å². The summed E-state index contributed by atoms with van der Waals surface area (Å²) in [7, 11) is -4.47. The van der Waals surface area contributed by atoms with Gasteiger partial charge in [0.15, 0.2) is 19.1 Å². The number of hydrogen-bond acceptors (Lipinski definition) is 8. The number of nitrogens with zero attached hydrogens (tertiary/aromatic N) is 4. The Hall–Kier alpha value is -1.74. The average Bonchev–Trinajstić information content (AvgIpc) is 2.97. The third kappa shape index (κ3) is 2.70. The number of ether oxygens (including phenoxy) is 1. The third-order valence-corrected chi connectivity index (χ3v) is 4.47. The first-order valence-corrected chi connectivity index (χ1v) is 7.92. The fourth-order valence-electron chi connectivity index (χ4n) is 2.40. The zero-order valence-corrected chi connectivity index (χ0v) is 11.8. The van der Waals surface area contributed by atoms with Crippen LogP contribution in [0.3, 0.4) is 0 Å². The van der Waals surface area contributed by atoms with Gasteiger partial charge >= 0.3 is 0 Å². The van der Waals surface area contributed by atoms with Crippen LogP contribution in [-0.4, -0.2) is 36.4 Å². The van der Waals surface area contributed by atoms with Crippen molar-refractivity contribution in [3.05, 3.63) is 6.33 Å². The summed E-state index contributed by atoms with van der Waals surface area (Å²) in [6, 6.07) is 0. The maximum atomic E-state index is 11.1. The molecule has 1 fully saturated rings. The smallest absolute Gasteiger partial charge is 0.224 e. The molecule has 10 nitrogen and oxygen atoms in total. The molecular formula is C10H14N6O4P-. The lowest BCUT2D eigenvalue weighted by molar-refractivity contribution is -0.204. The van der Waals surface area contributed by atoms with Gasteiger partial charge in [0.25, 0.3) is 0 Å². The molecule has 0 amide bonds. The molecule has 3 heterocycles. The first-order chi connectivity index (χ1) is 9.84. The van der Waals surface area contributed by atoms with Crippen molar-refractivity contribution in [2.45, 2.75) is 31.3 Å². The Morgan fingerprint density at radius 1 is 1.48 bits per heavy atom. The van der Waals surface area contributed by atoms with E-state index in [9.17, 15) is 9.46 Å². The van der Waals surface area contributed by atoms with Gasteiger partial charge in [-0.2, -0.15) is 9.97 Å². The van der Waals surface area contributed by atoms with E-state index in [0.717, 1.165) is 0 Å². The van der Waals surface area contributed by atoms with Crippen LogP contribution in [0.1, 0.15) is 12.8 Å². The van der Waals surface area contributed by atoms with E-state index in [1.165, 1.54) is 6.33 Å². The molecule has 2 aromatic heterocycles. The Labute approximate surface area is 119 Å². The predicted octanol–water partition coefficient (Wildman–Crippen LogP) is -0.959. The van der Waals surface area contributed by atoms with Gasteiger partial charge in [0, 0.05) is 0 Å². The monoisotopic (exact) mass is 313 g/mol. The van der Waals surface area contributed by atoms with E-state index in [2.05, 4.69) is 15.0 Å². The van der Waals surface area contributed by atoms with E-state index in [4.69, 9.17) is 21.1 Å².